The maximum Gasteiger partial charge on any atom is 0.317 e. The zero-order valence-corrected chi connectivity index (χ0v) is 34.1. The molecule has 0 amide bonds. The van der Waals surface area contributed by atoms with Crippen LogP contribution < -0.4 is 0 Å². The van der Waals surface area contributed by atoms with E-state index in [1.807, 2.05) is 0 Å². The van der Waals surface area contributed by atoms with Crippen LogP contribution in [0.3, 0.4) is 0 Å². The molecule has 0 aromatic heterocycles. The molecule has 2 unspecified atom stereocenters. The summed E-state index contributed by atoms with van der Waals surface area (Å²) in [6, 6.07) is 0. The van der Waals surface area contributed by atoms with Gasteiger partial charge in [0.25, 0.3) is 0 Å². The van der Waals surface area contributed by atoms with E-state index < -0.39 is 97.5 Å². The van der Waals surface area contributed by atoms with Gasteiger partial charge in [-0.25, -0.2) is 0 Å². The van der Waals surface area contributed by atoms with Crippen LogP contribution in [-0.2, 0) is 23.7 Å². The van der Waals surface area contributed by atoms with E-state index in [-0.39, 0.29) is 33.7 Å². The Labute approximate surface area is 330 Å². The molecule has 320 valence electrons. The Bertz CT molecular complexity index is 1520. The minimum Gasteiger partial charge on any atom is -0.432 e. The van der Waals surface area contributed by atoms with Crippen LogP contribution in [0.1, 0.15) is 106 Å². The van der Waals surface area contributed by atoms with Crippen LogP contribution in [0, 0.1) is 50.2 Å². The average Bonchev–Trinajstić information content (AvgIpc) is 3.13. The first-order valence-corrected chi connectivity index (χ1v) is 20.9. The van der Waals surface area contributed by atoms with Gasteiger partial charge >= 0.3 is 5.97 Å². The van der Waals surface area contributed by atoms with Crippen molar-refractivity contribution in [2.75, 3.05) is 13.2 Å². The standard InChI is InChI=1S/C42H68O14/c1-37(2)14-15-42(36(52)56-35-32(51)30(49)33(23(19-44)54-35)55-34-31(50)29(48)28(47)22(18-43)53-34)21(16-37)20-8-9-25-39(5)12-11-26(45)38(3,4)24(39)10-13-40(25,6)41(20,7)17-27(42)46/h8,21-35,43-51H,9-19H2,1-7H3/t21-,22-,23-,24?,25+,26-,27?,28-,29-,30+,31-,32-,33-,34-,35+,39-,40+,41+,42+/m0/s1. The number of hydrogen-bond acceptors (Lipinski definition) is 14. The minimum atomic E-state index is -1.89. The first-order chi connectivity index (χ1) is 26.0. The summed E-state index contributed by atoms with van der Waals surface area (Å²) < 4.78 is 23.0. The quantitative estimate of drug-likeness (QED) is 0.136. The topological polar surface area (TPSA) is 236 Å². The van der Waals surface area contributed by atoms with Gasteiger partial charge in [0.05, 0.1) is 25.4 Å². The summed E-state index contributed by atoms with van der Waals surface area (Å²) in [4.78, 5) is 14.8. The second-order valence-corrected chi connectivity index (χ2v) is 20.8. The van der Waals surface area contributed by atoms with Gasteiger partial charge in [0.15, 0.2) is 6.29 Å². The fraction of sp³-hybridized carbons (Fsp3) is 0.929. The summed E-state index contributed by atoms with van der Waals surface area (Å²) in [6.07, 6.45) is -9.35. The summed E-state index contributed by atoms with van der Waals surface area (Å²) in [6.45, 7) is 14.4. The summed E-state index contributed by atoms with van der Waals surface area (Å²) in [7, 11) is 0. The number of carbonyl (C=O) groups excluding carboxylic acids is 1. The highest BCUT2D eigenvalue weighted by atomic mass is 16.7. The van der Waals surface area contributed by atoms with E-state index in [0.717, 1.165) is 32.1 Å². The van der Waals surface area contributed by atoms with Crippen LogP contribution in [0.4, 0.5) is 0 Å². The van der Waals surface area contributed by atoms with Gasteiger partial charge in [-0.05, 0) is 103 Å². The molecule has 7 aliphatic rings. The first kappa shape index (κ1) is 42.8. The third kappa shape index (κ3) is 6.13. The predicted octanol–water partition coefficient (Wildman–Crippen LogP) is 1.29. The van der Waals surface area contributed by atoms with Gasteiger partial charge in [0.1, 0.15) is 54.2 Å². The maximum absolute atomic E-state index is 14.8. The Balaban J connectivity index is 1.16. The molecule has 0 aromatic carbocycles. The summed E-state index contributed by atoms with van der Waals surface area (Å²) in [5.74, 6) is -0.449. The number of allylic oxidation sites excluding steroid dienone is 2. The molecule has 14 heteroatoms. The number of aliphatic hydroxyl groups is 9. The lowest BCUT2D eigenvalue weighted by Gasteiger charge is -2.71. The molecule has 6 fully saturated rings. The minimum absolute atomic E-state index is 0.00601. The van der Waals surface area contributed by atoms with Crippen LogP contribution >= 0.6 is 0 Å². The molecule has 56 heavy (non-hydrogen) atoms. The fourth-order valence-electron chi connectivity index (χ4n) is 13.6. The highest BCUT2D eigenvalue weighted by molar-refractivity contribution is 5.80. The number of esters is 1. The zero-order chi connectivity index (χ0) is 41.1. The Kier molecular flexibility index (Phi) is 11.0. The lowest BCUT2D eigenvalue weighted by Crippen LogP contribution is -2.68. The summed E-state index contributed by atoms with van der Waals surface area (Å²) in [5, 5.41) is 97.1. The number of fused-ring (bicyclic) bond motifs is 7. The van der Waals surface area contributed by atoms with Gasteiger partial charge in [-0.2, -0.15) is 0 Å². The Morgan fingerprint density at radius 2 is 1.36 bits per heavy atom. The van der Waals surface area contributed by atoms with Crippen LogP contribution in [0.5, 0.6) is 0 Å². The van der Waals surface area contributed by atoms with Gasteiger partial charge in [-0.15, -0.1) is 0 Å². The van der Waals surface area contributed by atoms with E-state index in [4.69, 9.17) is 18.9 Å². The molecule has 14 nitrogen and oxygen atoms in total. The summed E-state index contributed by atoms with van der Waals surface area (Å²) >= 11 is 0. The van der Waals surface area contributed by atoms with Crippen LogP contribution in [0.15, 0.2) is 11.6 Å². The van der Waals surface area contributed by atoms with Crippen molar-refractivity contribution in [1.29, 1.82) is 0 Å². The largest absolute Gasteiger partial charge is 0.432 e. The second-order valence-electron chi connectivity index (χ2n) is 20.8. The van der Waals surface area contributed by atoms with Gasteiger partial charge in [-0.3, -0.25) is 4.79 Å². The van der Waals surface area contributed by atoms with E-state index >= 15 is 0 Å². The number of ether oxygens (including phenoxy) is 4. The van der Waals surface area contributed by atoms with Crippen molar-refractivity contribution in [3.63, 3.8) is 0 Å². The molecule has 19 atom stereocenters. The molecule has 2 saturated heterocycles. The first-order valence-electron chi connectivity index (χ1n) is 20.9. The Hall–Kier alpha value is -1.27. The fourth-order valence-corrected chi connectivity index (χ4v) is 13.6. The molecular weight excluding hydrogens is 728 g/mol. The smallest absolute Gasteiger partial charge is 0.317 e. The van der Waals surface area contributed by atoms with E-state index in [1.54, 1.807) is 0 Å². The Morgan fingerprint density at radius 3 is 2.02 bits per heavy atom. The van der Waals surface area contributed by atoms with Crippen LogP contribution in [0.2, 0.25) is 0 Å². The SMILES string of the molecule is CC1(C)CC[C@]2(C(=O)O[C@H]3O[C@@H](CO)[C@H](O[C@@H]4O[C@@H](CO)[C@H](O)[C@H](O)[C@@H]4O)[C@H](O)[C@@H]3O)C(O)C[C@]3(C)C(=CC[C@@H]4[C@@]5(C)CC[C@H](O)C(C)(C)C5CC[C@]43C)[C@@H]2C1. The predicted molar refractivity (Wildman–Crippen MR) is 199 cm³/mol. The lowest BCUT2D eigenvalue weighted by atomic mass is 9.33. The highest BCUT2D eigenvalue weighted by Crippen LogP contribution is 2.76. The van der Waals surface area contributed by atoms with Crippen molar-refractivity contribution < 1.29 is 69.7 Å². The van der Waals surface area contributed by atoms with E-state index in [2.05, 4.69) is 54.5 Å². The molecule has 0 aromatic rings. The van der Waals surface area contributed by atoms with Crippen molar-refractivity contribution in [2.24, 2.45) is 50.2 Å². The molecule has 2 aliphatic heterocycles. The third-order valence-corrected chi connectivity index (χ3v) is 17.2. The third-order valence-electron chi connectivity index (χ3n) is 17.2. The maximum atomic E-state index is 14.8. The van der Waals surface area contributed by atoms with Crippen molar-refractivity contribution in [3.8, 4) is 0 Å². The average molecular weight is 797 g/mol. The lowest BCUT2D eigenvalue weighted by molar-refractivity contribution is -0.357. The van der Waals surface area contributed by atoms with E-state index in [1.165, 1.54) is 5.57 Å². The summed E-state index contributed by atoms with van der Waals surface area (Å²) in [5.41, 5.74) is -1.17. The number of aliphatic hydroxyl groups excluding tert-OH is 9. The van der Waals surface area contributed by atoms with Gasteiger partial charge < -0.3 is 64.9 Å². The van der Waals surface area contributed by atoms with Gasteiger partial charge in [-0.1, -0.05) is 60.1 Å². The molecule has 5 aliphatic carbocycles. The zero-order valence-electron chi connectivity index (χ0n) is 34.1. The molecule has 9 N–H and O–H groups in total. The molecule has 0 bridgehead atoms. The van der Waals surface area contributed by atoms with Gasteiger partial charge in [0.2, 0.25) is 6.29 Å². The van der Waals surface area contributed by atoms with E-state index in [9.17, 15) is 50.8 Å². The number of carbonyl (C=O) groups is 1. The van der Waals surface area contributed by atoms with Crippen molar-refractivity contribution in [2.45, 2.75) is 180 Å². The second kappa shape index (κ2) is 14.4. The highest BCUT2D eigenvalue weighted by Gasteiger charge is 2.72. The Morgan fingerprint density at radius 1 is 0.714 bits per heavy atom. The molecule has 7 rings (SSSR count). The van der Waals surface area contributed by atoms with Gasteiger partial charge in [0, 0.05) is 0 Å². The molecule has 2 heterocycles. The molecular formula is C42H68O14. The molecule has 0 radical (unpaired) electrons. The molecule has 4 saturated carbocycles. The molecule has 0 spiro atoms. The van der Waals surface area contributed by atoms with Crippen molar-refractivity contribution >= 4 is 5.97 Å². The number of hydrogen-bond donors (Lipinski definition) is 9. The number of rotatable bonds is 6. The van der Waals surface area contributed by atoms with Crippen LogP contribution in [0.25, 0.3) is 0 Å². The van der Waals surface area contributed by atoms with E-state index in [0.29, 0.717) is 37.5 Å². The monoisotopic (exact) mass is 796 g/mol. The van der Waals surface area contributed by atoms with Crippen molar-refractivity contribution in [3.05, 3.63) is 11.6 Å². The van der Waals surface area contributed by atoms with Crippen molar-refractivity contribution in [1.82, 2.24) is 0 Å². The normalized spacial score (nSPS) is 53.7. The van der Waals surface area contributed by atoms with Crippen LogP contribution in [-0.4, -0.2) is 139 Å².